The highest BCUT2D eigenvalue weighted by molar-refractivity contribution is 9.10. The van der Waals surface area contributed by atoms with Gasteiger partial charge in [-0.25, -0.2) is 4.39 Å². The fourth-order valence-electron chi connectivity index (χ4n) is 1.96. The van der Waals surface area contributed by atoms with Gasteiger partial charge in [-0.05, 0) is 42.8 Å². The van der Waals surface area contributed by atoms with Crippen LogP contribution >= 0.6 is 15.9 Å². The van der Waals surface area contributed by atoms with Gasteiger partial charge in [0.05, 0.1) is 0 Å². The lowest BCUT2D eigenvalue weighted by molar-refractivity contribution is 0.289. The smallest absolute Gasteiger partial charge is 0.165 e. The zero-order valence-corrected chi connectivity index (χ0v) is 13.8. The van der Waals surface area contributed by atoms with Gasteiger partial charge < -0.3 is 10.1 Å². The molecule has 0 amide bonds. The molecule has 112 valence electrons. The van der Waals surface area contributed by atoms with Gasteiger partial charge in [0, 0.05) is 16.6 Å². The monoisotopic (exact) mass is 351 g/mol. The van der Waals surface area contributed by atoms with E-state index in [1.807, 2.05) is 13.0 Å². The maximum absolute atomic E-state index is 13.6. The highest BCUT2D eigenvalue weighted by Crippen LogP contribution is 2.23. The van der Waals surface area contributed by atoms with Crippen LogP contribution in [-0.4, -0.2) is 6.54 Å². The lowest BCUT2D eigenvalue weighted by atomic mass is 10.1. The van der Waals surface area contributed by atoms with E-state index in [0.29, 0.717) is 12.4 Å². The summed E-state index contributed by atoms with van der Waals surface area (Å²) < 4.78 is 20.2. The first-order valence-corrected chi connectivity index (χ1v) is 7.76. The van der Waals surface area contributed by atoms with Crippen molar-refractivity contribution >= 4 is 15.9 Å². The Morgan fingerprint density at radius 1 is 1.19 bits per heavy atom. The number of hydrogen-bond donors (Lipinski definition) is 1. The van der Waals surface area contributed by atoms with Gasteiger partial charge in [-0.2, -0.15) is 0 Å². The molecule has 2 nitrogen and oxygen atoms in total. The molecular formula is C17H19BrFNO. The number of rotatable bonds is 6. The molecule has 0 fully saturated rings. The average Bonchev–Trinajstić information content (AvgIpc) is 2.47. The fraction of sp³-hybridized carbons (Fsp3) is 0.294. The van der Waals surface area contributed by atoms with Crippen molar-refractivity contribution in [3.05, 3.63) is 63.4 Å². The summed E-state index contributed by atoms with van der Waals surface area (Å²) in [4.78, 5) is 0. The Balaban J connectivity index is 2.04. The van der Waals surface area contributed by atoms with E-state index in [2.05, 4.69) is 40.3 Å². The minimum absolute atomic E-state index is 0.290. The average molecular weight is 352 g/mol. The second kappa shape index (κ2) is 7.57. The van der Waals surface area contributed by atoms with Crippen molar-refractivity contribution in [1.82, 2.24) is 5.32 Å². The third kappa shape index (κ3) is 4.55. The Hall–Kier alpha value is -1.39. The van der Waals surface area contributed by atoms with Crippen molar-refractivity contribution in [3.63, 3.8) is 0 Å². The van der Waals surface area contributed by atoms with E-state index in [0.717, 1.165) is 28.7 Å². The maximum atomic E-state index is 13.6. The van der Waals surface area contributed by atoms with Crippen LogP contribution in [0.25, 0.3) is 0 Å². The maximum Gasteiger partial charge on any atom is 0.165 e. The van der Waals surface area contributed by atoms with Gasteiger partial charge in [0.2, 0.25) is 0 Å². The second-order valence-corrected chi connectivity index (χ2v) is 5.78. The Morgan fingerprint density at radius 3 is 2.71 bits per heavy atom. The first-order valence-electron chi connectivity index (χ1n) is 6.97. The van der Waals surface area contributed by atoms with Crippen LogP contribution in [0.1, 0.15) is 23.6 Å². The highest BCUT2D eigenvalue weighted by Gasteiger charge is 2.06. The number of benzene rings is 2. The van der Waals surface area contributed by atoms with Crippen LogP contribution in [0.2, 0.25) is 0 Å². The lowest BCUT2D eigenvalue weighted by Gasteiger charge is -2.11. The van der Waals surface area contributed by atoms with Crippen LogP contribution in [-0.2, 0) is 13.2 Å². The summed E-state index contributed by atoms with van der Waals surface area (Å²) >= 11 is 3.54. The topological polar surface area (TPSA) is 21.3 Å². The van der Waals surface area contributed by atoms with Crippen molar-refractivity contribution in [3.8, 4) is 5.75 Å². The molecule has 2 aromatic rings. The van der Waals surface area contributed by atoms with E-state index in [4.69, 9.17) is 4.74 Å². The zero-order valence-electron chi connectivity index (χ0n) is 12.2. The standard InChI is InChI=1S/C17H19BrFNO/c1-3-20-10-13-5-6-14(15(18)9-13)11-21-17-8-12(2)4-7-16(17)19/h4-9,20H,3,10-11H2,1-2H3. The Bertz CT molecular complexity index is 616. The number of aryl methyl sites for hydroxylation is 1. The van der Waals surface area contributed by atoms with E-state index < -0.39 is 0 Å². The molecule has 1 N–H and O–H groups in total. The normalized spacial score (nSPS) is 10.7. The van der Waals surface area contributed by atoms with Crippen molar-refractivity contribution in [1.29, 1.82) is 0 Å². The number of halogens is 2. The van der Waals surface area contributed by atoms with E-state index in [-0.39, 0.29) is 5.82 Å². The first kappa shape index (κ1) is 16.0. The van der Waals surface area contributed by atoms with Crippen LogP contribution < -0.4 is 10.1 Å². The van der Waals surface area contributed by atoms with Gasteiger partial charge in [-0.1, -0.05) is 41.1 Å². The number of hydrogen-bond acceptors (Lipinski definition) is 2. The van der Waals surface area contributed by atoms with E-state index >= 15 is 0 Å². The predicted molar refractivity (Wildman–Crippen MR) is 87.0 cm³/mol. The van der Waals surface area contributed by atoms with Crippen molar-refractivity contribution in [2.75, 3.05) is 6.54 Å². The van der Waals surface area contributed by atoms with Crippen LogP contribution in [0.15, 0.2) is 40.9 Å². The molecule has 0 unspecified atom stereocenters. The molecular weight excluding hydrogens is 333 g/mol. The molecule has 0 aliphatic rings. The van der Waals surface area contributed by atoms with Crippen LogP contribution in [0, 0.1) is 12.7 Å². The van der Waals surface area contributed by atoms with Crippen molar-refractivity contribution in [2.24, 2.45) is 0 Å². The molecule has 0 radical (unpaired) electrons. The molecule has 0 atom stereocenters. The Kier molecular flexibility index (Phi) is 5.76. The minimum Gasteiger partial charge on any atom is -0.486 e. The van der Waals surface area contributed by atoms with Gasteiger partial charge in [0.1, 0.15) is 6.61 Å². The molecule has 4 heteroatoms. The van der Waals surface area contributed by atoms with Crippen LogP contribution in [0.5, 0.6) is 5.75 Å². The van der Waals surface area contributed by atoms with Crippen LogP contribution in [0.3, 0.4) is 0 Å². The second-order valence-electron chi connectivity index (χ2n) is 4.93. The zero-order chi connectivity index (χ0) is 15.2. The van der Waals surface area contributed by atoms with Crippen molar-refractivity contribution in [2.45, 2.75) is 27.0 Å². The van der Waals surface area contributed by atoms with E-state index in [9.17, 15) is 4.39 Å². The molecule has 0 aliphatic carbocycles. The van der Waals surface area contributed by atoms with Crippen LogP contribution in [0.4, 0.5) is 4.39 Å². The molecule has 21 heavy (non-hydrogen) atoms. The van der Waals surface area contributed by atoms with Crippen molar-refractivity contribution < 1.29 is 9.13 Å². The molecule has 0 spiro atoms. The molecule has 0 aromatic heterocycles. The quantitative estimate of drug-likeness (QED) is 0.821. The summed E-state index contributed by atoms with van der Waals surface area (Å²) in [6.07, 6.45) is 0. The highest BCUT2D eigenvalue weighted by atomic mass is 79.9. The predicted octanol–water partition coefficient (Wildman–Crippen LogP) is 4.59. The fourth-order valence-corrected chi connectivity index (χ4v) is 2.50. The molecule has 0 heterocycles. The summed E-state index contributed by atoms with van der Waals surface area (Å²) in [6, 6.07) is 11.0. The summed E-state index contributed by atoms with van der Waals surface area (Å²) in [7, 11) is 0. The molecule has 0 aliphatic heterocycles. The number of nitrogens with one attached hydrogen (secondary N) is 1. The third-order valence-corrected chi connectivity index (χ3v) is 3.90. The summed E-state index contributed by atoms with van der Waals surface area (Å²) in [6.45, 7) is 6.10. The Morgan fingerprint density at radius 2 is 2.00 bits per heavy atom. The SMILES string of the molecule is CCNCc1ccc(COc2cc(C)ccc2F)c(Br)c1. The molecule has 0 bridgehead atoms. The Labute approximate surface area is 133 Å². The van der Waals surface area contributed by atoms with Gasteiger partial charge in [0.25, 0.3) is 0 Å². The largest absolute Gasteiger partial charge is 0.486 e. The summed E-state index contributed by atoms with van der Waals surface area (Å²) in [5.41, 5.74) is 3.18. The minimum atomic E-state index is -0.333. The lowest BCUT2D eigenvalue weighted by Crippen LogP contribution is -2.11. The summed E-state index contributed by atoms with van der Waals surface area (Å²) in [5.74, 6) is -0.0425. The molecule has 2 rings (SSSR count). The van der Waals surface area contributed by atoms with Gasteiger partial charge in [0.15, 0.2) is 11.6 Å². The van der Waals surface area contributed by atoms with Gasteiger partial charge in [-0.3, -0.25) is 0 Å². The van der Waals surface area contributed by atoms with Gasteiger partial charge in [-0.15, -0.1) is 0 Å². The van der Waals surface area contributed by atoms with E-state index in [1.54, 1.807) is 12.1 Å². The molecule has 2 aromatic carbocycles. The van der Waals surface area contributed by atoms with E-state index in [1.165, 1.54) is 11.6 Å². The first-order chi connectivity index (χ1) is 10.1. The van der Waals surface area contributed by atoms with Gasteiger partial charge >= 0.3 is 0 Å². The summed E-state index contributed by atoms with van der Waals surface area (Å²) in [5, 5.41) is 3.28. The third-order valence-electron chi connectivity index (χ3n) is 3.17. The molecule has 0 saturated heterocycles. The number of ether oxygens (including phenoxy) is 1. The molecule has 0 saturated carbocycles.